The highest BCUT2D eigenvalue weighted by Crippen LogP contribution is 2.29. The van der Waals surface area contributed by atoms with Crippen LogP contribution in [0.2, 0.25) is 0 Å². The Hall–Kier alpha value is -4.38. The van der Waals surface area contributed by atoms with Gasteiger partial charge in [0.25, 0.3) is 0 Å². The van der Waals surface area contributed by atoms with Crippen LogP contribution in [0, 0.1) is 19.8 Å². The summed E-state index contributed by atoms with van der Waals surface area (Å²) < 4.78 is 11.6. The molecule has 4 rings (SSSR count). The monoisotopic (exact) mass is 577 g/mol. The van der Waals surface area contributed by atoms with Crippen LogP contribution in [0.15, 0.2) is 53.1 Å². The number of carbonyl (C=O) groups is 3. The number of carbonyl (C=O) groups excluding carboxylic acids is 3. The number of hydrogen-bond acceptors (Lipinski definition) is 7. The molecular weight excluding hydrogens is 538 g/mol. The van der Waals surface area contributed by atoms with Crippen LogP contribution in [0.5, 0.6) is 5.75 Å². The van der Waals surface area contributed by atoms with Gasteiger partial charge < -0.3 is 34.8 Å². The number of urea groups is 1. The second-order valence-electron chi connectivity index (χ2n) is 10.9. The molecule has 1 aliphatic rings. The minimum absolute atomic E-state index is 0.0316. The van der Waals surface area contributed by atoms with Gasteiger partial charge in [-0.25, -0.2) is 4.79 Å². The van der Waals surface area contributed by atoms with Gasteiger partial charge in [0, 0.05) is 30.8 Å². The summed E-state index contributed by atoms with van der Waals surface area (Å²) in [6, 6.07) is 13.9. The second-order valence-corrected chi connectivity index (χ2v) is 10.9. The molecule has 0 bridgehead atoms. The first-order chi connectivity index (χ1) is 20.0. The summed E-state index contributed by atoms with van der Waals surface area (Å²) >= 11 is 0. The van der Waals surface area contributed by atoms with Gasteiger partial charge in [-0.1, -0.05) is 42.4 Å². The van der Waals surface area contributed by atoms with Crippen LogP contribution in [-0.4, -0.2) is 76.8 Å². The molecule has 0 fully saturated rings. The van der Waals surface area contributed by atoms with E-state index in [-0.39, 0.29) is 49.8 Å². The Labute approximate surface area is 245 Å². The van der Waals surface area contributed by atoms with Crippen molar-refractivity contribution in [3.05, 3.63) is 71.1 Å². The zero-order valence-electron chi connectivity index (χ0n) is 24.7. The quantitative estimate of drug-likeness (QED) is 0.371. The number of rotatable bonds is 8. The number of aromatic nitrogens is 1. The minimum Gasteiger partial charge on any atom is -0.488 e. The lowest BCUT2D eigenvalue weighted by molar-refractivity contribution is -0.134. The maximum Gasteiger partial charge on any atom is 0.321 e. The molecule has 11 nitrogen and oxygen atoms in total. The Balaban J connectivity index is 1.56. The topological polar surface area (TPSA) is 137 Å². The first-order valence-electron chi connectivity index (χ1n) is 14.0. The van der Waals surface area contributed by atoms with Gasteiger partial charge in [-0.05, 0) is 44.5 Å². The molecule has 3 atom stereocenters. The number of anilines is 2. The van der Waals surface area contributed by atoms with Crippen molar-refractivity contribution in [2.24, 2.45) is 5.92 Å². The summed E-state index contributed by atoms with van der Waals surface area (Å²) in [4.78, 5) is 42.4. The number of ether oxygens (including phenoxy) is 1. The van der Waals surface area contributed by atoms with Gasteiger partial charge in [0.1, 0.15) is 23.2 Å². The number of nitrogens with one attached hydrogen (secondary N) is 2. The van der Waals surface area contributed by atoms with Gasteiger partial charge in [0.2, 0.25) is 11.8 Å². The van der Waals surface area contributed by atoms with Crippen LogP contribution in [-0.2, 0) is 22.4 Å². The molecule has 0 radical (unpaired) electrons. The van der Waals surface area contributed by atoms with E-state index in [0.717, 1.165) is 5.56 Å². The van der Waals surface area contributed by atoms with Crippen LogP contribution in [0.3, 0.4) is 0 Å². The first-order valence-corrected chi connectivity index (χ1v) is 14.0. The van der Waals surface area contributed by atoms with Crippen LogP contribution in [0.25, 0.3) is 0 Å². The standard InChI is InChI=1S/C31H39N5O6/c1-19-16-36(20(2)18-37)29(39)15-24-14-25(32-28(38)13-23-9-7-6-8-10-23)11-12-26(24)41-27(19)17-35(5)31(40)33-30-21(3)34-42-22(30)4/h6-12,14,19-20,27,37H,13,15-18H2,1-5H3,(H,32,38)(H,33,40)/t19-,20+,27+/m1/s1. The number of benzene rings is 2. The molecule has 42 heavy (non-hydrogen) atoms. The molecule has 0 aliphatic carbocycles. The van der Waals surface area contributed by atoms with E-state index in [2.05, 4.69) is 15.8 Å². The van der Waals surface area contributed by atoms with Crippen molar-refractivity contribution in [1.82, 2.24) is 15.0 Å². The van der Waals surface area contributed by atoms with Crippen LogP contribution in [0.4, 0.5) is 16.2 Å². The molecule has 0 saturated heterocycles. The van der Waals surface area contributed by atoms with E-state index >= 15 is 0 Å². The van der Waals surface area contributed by atoms with E-state index in [1.165, 1.54) is 4.90 Å². The van der Waals surface area contributed by atoms with Crippen molar-refractivity contribution < 1.29 is 28.8 Å². The van der Waals surface area contributed by atoms with E-state index in [4.69, 9.17) is 9.26 Å². The fourth-order valence-electron chi connectivity index (χ4n) is 4.93. The average Bonchev–Trinajstić information content (AvgIpc) is 3.29. The van der Waals surface area contributed by atoms with E-state index in [9.17, 15) is 19.5 Å². The number of aliphatic hydroxyl groups is 1. The summed E-state index contributed by atoms with van der Waals surface area (Å²) in [6.07, 6.45) is -0.233. The predicted octanol–water partition coefficient (Wildman–Crippen LogP) is 3.79. The van der Waals surface area contributed by atoms with Crippen molar-refractivity contribution in [2.45, 2.75) is 52.7 Å². The van der Waals surface area contributed by atoms with Crippen LogP contribution < -0.4 is 15.4 Å². The number of nitrogens with zero attached hydrogens (tertiary/aromatic N) is 3. The molecule has 4 amide bonds. The van der Waals surface area contributed by atoms with Gasteiger partial charge >= 0.3 is 6.03 Å². The summed E-state index contributed by atoms with van der Waals surface area (Å²) in [5, 5.41) is 19.5. The Bertz CT molecular complexity index is 1390. The molecule has 0 saturated carbocycles. The van der Waals surface area contributed by atoms with Gasteiger partial charge in [-0.3, -0.25) is 9.59 Å². The summed E-state index contributed by atoms with van der Waals surface area (Å²) in [6.45, 7) is 7.59. The summed E-state index contributed by atoms with van der Waals surface area (Å²) in [5.74, 6) is 0.484. The molecule has 3 aromatic rings. The smallest absolute Gasteiger partial charge is 0.321 e. The SMILES string of the molecule is Cc1noc(C)c1NC(=O)N(C)C[C@@H]1Oc2ccc(NC(=O)Cc3ccccc3)cc2CC(=O)N([C@@H](C)CO)C[C@H]1C. The van der Waals surface area contributed by atoms with Crippen molar-refractivity contribution in [3.63, 3.8) is 0 Å². The van der Waals surface area contributed by atoms with Crippen molar-refractivity contribution in [2.75, 3.05) is 37.4 Å². The maximum atomic E-state index is 13.5. The second kappa shape index (κ2) is 13.5. The van der Waals surface area contributed by atoms with Gasteiger partial charge in [0.15, 0.2) is 5.76 Å². The van der Waals surface area contributed by atoms with Crippen molar-refractivity contribution in [3.8, 4) is 5.75 Å². The molecule has 2 aromatic carbocycles. The normalized spacial score (nSPS) is 17.7. The number of aryl methyl sites for hydroxylation is 2. The highest BCUT2D eigenvalue weighted by atomic mass is 16.5. The van der Waals surface area contributed by atoms with Gasteiger partial charge in [0.05, 0.1) is 32.0 Å². The van der Waals surface area contributed by atoms with Crippen LogP contribution >= 0.6 is 0 Å². The molecule has 0 spiro atoms. The molecular formula is C31H39N5O6. The molecule has 11 heteroatoms. The lowest BCUT2D eigenvalue weighted by Crippen LogP contribution is -2.48. The summed E-state index contributed by atoms with van der Waals surface area (Å²) in [5.41, 5.74) is 3.15. The predicted molar refractivity (Wildman–Crippen MR) is 158 cm³/mol. The Kier molecular flexibility index (Phi) is 9.84. The third kappa shape index (κ3) is 7.47. The molecule has 1 aromatic heterocycles. The minimum atomic E-state index is -0.484. The zero-order valence-corrected chi connectivity index (χ0v) is 24.7. The molecule has 1 aliphatic heterocycles. The van der Waals surface area contributed by atoms with Crippen molar-refractivity contribution in [1.29, 1.82) is 0 Å². The number of likely N-dealkylation sites (N-methyl/N-ethyl adjacent to an activating group) is 1. The highest BCUT2D eigenvalue weighted by Gasteiger charge is 2.32. The number of aliphatic hydroxyl groups excluding tert-OH is 1. The lowest BCUT2D eigenvalue weighted by Gasteiger charge is -2.34. The third-order valence-electron chi connectivity index (χ3n) is 7.47. The van der Waals surface area contributed by atoms with Gasteiger partial charge in [-0.15, -0.1) is 0 Å². The molecule has 2 heterocycles. The summed E-state index contributed by atoms with van der Waals surface area (Å²) in [7, 11) is 1.67. The van der Waals surface area contributed by atoms with E-state index in [0.29, 0.717) is 40.7 Å². The largest absolute Gasteiger partial charge is 0.488 e. The third-order valence-corrected chi connectivity index (χ3v) is 7.47. The van der Waals surface area contributed by atoms with E-state index < -0.39 is 12.1 Å². The van der Waals surface area contributed by atoms with Gasteiger partial charge in [-0.2, -0.15) is 0 Å². The first kappa shape index (κ1) is 30.6. The Morgan fingerprint density at radius 1 is 1.17 bits per heavy atom. The zero-order chi connectivity index (χ0) is 30.4. The molecule has 224 valence electrons. The number of hydrogen-bond donors (Lipinski definition) is 3. The highest BCUT2D eigenvalue weighted by molar-refractivity contribution is 5.93. The fourth-order valence-corrected chi connectivity index (χ4v) is 4.93. The maximum absolute atomic E-state index is 13.5. The fraction of sp³-hybridized carbons (Fsp3) is 0.419. The molecule has 3 N–H and O–H groups in total. The van der Waals surface area contributed by atoms with E-state index in [1.807, 2.05) is 37.3 Å². The Morgan fingerprint density at radius 2 is 1.90 bits per heavy atom. The lowest BCUT2D eigenvalue weighted by atomic mass is 10.0. The van der Waals surface area contributed by atoms with Crippen molar-refractivity contribution >= 4 is 29.2 Å². The average molecular weight is 578 g/mol. The van der Waals surface area contributed by atoms with E-state index in [1.54, 1.807) is 50.9 Å². The number of fused-ring (bicyclic) bond motifs is 1. The number of amides is 4. The molecule has 0 unspecified atom stereocenters. The van der Waals surface area contributed by atoms with Crippen LogP contribution in [0.1, 0.15) is 36.4 Å². The Morgan fingerprint density at radius 3 is 2.57 bits per heavy atom.